The molecule has 0 unspecified atom stereocenters. The maximum Gasteiger partial charge on any atom is 0.250 e. The lowest BCUT2D eigenvalue weighted by Crippen LogP contribution is -2.34. The molecule has 2 aromatic rings. The number of aromatic nitrogens is 3. The average Bonchev–Trinajstić information content (AvgIpc) is 2.80. The molecule has 2 aliphatic heterocycles. The van der Waals surface area contributed by atoms with Crippen molar-refractivity contribution in [3.8, 4) is 5.75 Å². The van der Waals surface area contributed by atoms with Crippen LogP contribution < -0.4 is 20.0 Å². The van der Waals surface area contributed by atoms with Crippen molar-refractivity contribution in [3.05, 3.63) is 24.8 Å². The SMILES string of the molecule is COc1c(I)cc(I)cc1/C=N\Nc1nc(N2CCCCC2)nc(N2CCCCC2)n1. The molecule has 8 nitrogen and oxygen atoms in total. The van der Waals surface area contributed by atoms with Gasteiger partial charge in [-0.15, -0.1) is 0 Å². The minimum Gasteiger partial charge on any atom is -0.495 e. The molecular weight excluding hydrogens is 620 g/mol. The number of hydrazone groups is 1. The van der Waals surface area contributed by atoms with Gasteiger partial charge in [-0.25, -0.2) is 5.43 Å². The summed E-state index contributed by atoms with van der Waals surface area (Å²) < 4.78 is 7.72. The van der Waals surface area contributed by atoms with Crippen molar-refractivity contribution >= 4 is 69.2 Å². The standard InChI is InChI=1S/C21H27I2N7O/c1-31-18-15(12-16(22)13-17(18)23)14-24-28-19-25-20(29-8-4-2-5-9-29)27-21(26-19)30-10-6-3-7-11-30/h12-14H,2-11H2,1H3,(H,25,26,27,28)/b24-14-. The van der Waals surface area contributed by atoms with E-state index >= 15 is 0 Å². The zero-order chi connectivity index (χ0) is 21.6. The van der Waals surface area contributed by atoms with Crippen LogP contribution in [-0.2, 0) is 0 Å². The van der Waals surface area contributed by atoms with Crippen molar-refractivity contribution in [2.24, 2.45) is 5.10 Å². The third-order valence-electron chi connectivity index (χ3n) is 5.50. The maximum absolute atomic E-state index is 5.55. The number of anilines is 3. The fourth-order valence-corrected chi connectivity index (χ4v) is 6.04. The van der Waals surface area contributed by atoms with Gasteiger partial charge in [-0.3, -0.25) is 0 Å². The van der Waals surface area contributed by atoms with E-state index in [0.29, 0.717) is 5.95 Å². The molecule has 0 radical (unpaired) electrons. The number of nitrogens with zero attached hydrogens (tertiary/aromatic N) is 6. The van der Waals surface area contributed by atoms with Gasteiger partial charge in [-0.1, -0.05) is 0 Å². The zero-order valence-electron chi connectivity index (χ0n) is 17.7. The molecule has 2 aliphatic rings. The lowest BCUT2D eigenvalue weighted by Gasteiger charge is -2.30. The summed E-state index contributed by atoms with van der Waals surface area (Å²) >= 11 is 4.58. The summed E-state index contributed by atoms with van der Waals surface area (Å²) in [5.74, 6) is 2.78. The largest absolute Gasteiger partial charge is 0.495 e. The first-order valence-electron chi connectivity index (χ1n) is 10.7. The molecule has 166 valence electrons. The summed E-state index contributed by atoms with van der Waals surface area (Å²) in [5.41, 5.74) is 3.95. The number of ether oxygens (including phenoxy) is 1. The Morgan fingerprint density at radius 2 is 1.48 bits per heavy atom. The van der Waals surface area contributed by atoms with Crippen molar-refractivity contribution in [2.75, 3.05) is 48.5 Å². The number of rotatable bonds is 6. The molecule has 0 amide bonds. The van der Waals surface area contributed by atoms with Gasteiger partial charge in [0.15, 0.2) is 0 Å². The van der Waals surface area contributed by atoms with E-state index in [1.165, 1.54) is 38.5 Å². The molecule has 2 fully saturated rings. The second-order valence-corrected chi connectivity index (χ2v) is 10.1. The number of benzene rings is 1. The summed E-state index contributed by atoms with van der Waals surface area (Å²) in [7, 11) is 1.68. The van der Waals surface area contributed by atoms with Crippen molar-refractivity contribution in [1.29, 1.82) is 0 Å². The van der Waals surface area contributed by atoms with Gasteiger partial charge in [0.25, 0.3) is 0 Å². The Kier molecular flexibility index (Phi) is 8.02. The lowest BCUT2D eigenvalue weighted by atomic mass is 10.1. The highest BCUT2D eigenvalue weighted by Gasteiger charge is 2.20. The lowest BCUT2D eigenvalue weighted by molar-refractivity contribution is 0.411. The van der Waals surface area contributed by atoms with Crippen LogP contribution in [0.4, 0.5) is 17.8 Å². The predicted octanol–water partition coefficient (Wildman–Crippen LogP) is 4.52. The Labute approximate surface area is 210 Å². The molecule has 0 atom stereocenters. The van der Waals surface area contributed by atoms with E-state index in [0.717, 1.165) is 56.5 Å². The fourth-order valence-electron chi connectivity index (χ4n) is 3.93. The van der Waals surface area contributed by atoms with E-state index in [1.807, 2.05) is 6.07 Å². The average molecular weight is 647 g/mol. The van der Waals surface area contributed by atoms with Crippen LogP contribution in [0.2, 0.25) is 0 Å². The fraction of sp³-hybridized carbons (Fsp3) is 0.524. The summed E-state index contributed by atoms with van der Waals surface area (Å²) in [5, 5.41) is 4.42. The van der Waals surface area contributed by atoms with E-state index in [9.17, 15) is 0 Å². The van der Waals surface area contributed by atoms with Gasteiger partial charge < -0.3 is 14.5 Å². The molecule has 0 saturated carbocycles. The monoisotopic (exact) mass is 647 g/mol. The van der Waals surface area contributed by atoms with E-state index in [2.05, 4.69) is 81.5 Å². The molecule has 1 aromatic heterocycles. The van der Waals surface area contributed by atoms with Crippen LogP contribution in [0.1, 0.15) is 44.1 Å². The number of hydrogen-bond donors (Lipinski definition) is 1. The number of halogens is 2. The molecule has 0 bridgehead atoms. The Bertz CT molecular complexity index is 892. The van der Waals surface area contributed by atoms with Crippen LogP contribution in [0.5, 0.6) is 5.75 Å². The first-order valence-corrected chi connectivity index (χ1v) is 12.9. The second-order valence-electron chi connectivity index (χ2n) is 7.73. The minimum atomic E-state index is 0.478. The van der Waals surface area contributed by atoms with Gasteiger partial charge in [0.1, 0.15) is 5.75 Å². The van der Waals surface area contributed by atoms with E-state index in [-0.39, 0.29) is 0 Å². The number of methoxy groups -OCH3 is 1. The van der Waals surface area contributed by atoms with Crippen LogP contribution in [0.15, 0.2) is 17.2 Å². The quantitative estimate of drug-likeness (QED) is 0.281. The van der Waals surface area contributed by atoms with Gasteiger partial charge in [0, 0.05) is 35.3 Å². The molecule has 1 aromatic carbocycles. The van der Waals surface area contributed by atoms with Gasteiger partial charge >= 0.3 is 0 Å². The highest BCUT2D eigenvalue weighted by Crippen LogP contribution is 2.27. The Morgan fingerprint density at radius 3 is 2.03 bits per heavy atom. The van der Waals surface area contributed by atoms with Gasteiger partial charge in [0.05, 0.1) is 16.9 Å². The third kappa shape index (κ3) is 5.88. The Morgan fingerprint density at radius 1 is 0.903 bits per heavy atom. The first kappa shape index (κ1) is 22.7. The van der Waals surface area contributed by atoms with Crippen LogP contribution >= 0.6 is 45.2 Å². The summed E-state index contributed by atoms with van der Waals surface area (Å²) in [6, 6.07) is 4.12. The van der Waals surface area contributed by atoms with Gasteiger partial charge in [0.2, 0.25) is 17.8 Å². The predicted molar refractivity (Wildman–Crippen MR) is 142 cm³/mol. The molecule has 0 aliphatic carbocycles. The topological polar surface area (TPSA) is 78.8 Å². The van der Waals surface area contributed by atoms with E-state index in [4.69, 9.17) is 9.72 Å². The first-order chi connectivity index (χ1) is 15.1. The van der Waals surface area contributed by atoms with Crippen molar-refractivity contribution in [2.45, 2.75) is 38.5 Å². The second kappa shape index (κ2) is 10.9. The normalized spacial score (nSPS) is 17.3. The molecule has 31 heavy (non-hydrogen) atoms. The molecule has 0 spiro atoms. The highest BCUT2D eigenvalue weighted by atomic mass is 127. The van der Waals surface area contributed by atoms with E-state index < -0.39 is 0 Å². The third-order valence-corrected chi connectivity index (χ3v) is 6.92. The van der Waals surface area contributed by atoms with Crippen molar-refractivity contribution in [3.63, 3.8) is 0 Å². The smallest absolute Gasteiger partial charge is 0.250 e. The highest BCUT2D eigenvalue weighted by molar-refractivity contribution is 14.1. The van der Waals surface area contributed by atoms with Crippen LogP contribution in [0, 0.1) is 7.14 Å². The molecule has 2 saturated heterocycles. The minimum absolute atomic E-state index is 0.478. The molecule has 4 rings (SSSR count). The maximum atomic E-state index is 5.55. The molecule has 3 heterocycles. The summed E-state index contributed by atoms with van der Waals surface area (Å²) in [6.07, 6.45) is 9.01. The molecule has 1 N–H and O–H groups in total. The van der Waals surface area contributed by atoms with Crippen molar-refractivity contribution in [1.82, 2.24) is 15.0 Å². The molecular formula is C21H27I2N7O. The molecule has 10 heteroatoms. The van der Waals surface area contributed by atoms with Crippen LogP contribution in [0.25, 0.3) is 0 Å². The van der Waals surface area contributed by atoms with Crippen LogP contribution in [0.3, 0.4) is 0 Å². The van der Waals surface area contributed by atoms with Crippen molar-refractivity contribution < 1.29 is 4.74 Å². The zero-order valence-corrected chi connectivity index (χ0v) is 22.0. The number of hydrogen-bond acceptors (Lipinski definition) is 8. The van der Waals surface area contributed by atoms with Crippen LogP contribution in [-0.4, -0.2) is 54.5 Å². The Balaban J connectivity index is 1.58. The number of nitrogens with one attached hydrogen (secondary N) is 1. The van der Waals surface area contributed by atoms with E-state index in [1.54, 1.807) is 13.3 Å². The van der Waals surface area contributed by atoms with Gasteiger partial charge in [-0.05, 0) is 95.8 Å². The summed E-state index contributed by atoms with van der Waals surface area (Å²) in [4.78, 5) is 18.7. The summed E-state index contributed by atoms with van der Waals surface area (Å²) in [6.45, 7) is 3.96. The number of piperidine rings is 2. The van der Waals surface area contributed by atoms with Gasteiger partial charge in [-0.2, -0.15) is 20.1 Å². The Hall–Kier alpha value is -1.44.